The molecular weight excluding hydrogens is 385 g/mol. The minimum Gasteiger partial charge on any atom is -0.494 e. The second-order valence-electron chi connectivity index (χ2n) is 8.13. The Bertz CT molecular complexity index is 913. The molecule has 7 heteroatoms. The Kier molecular flexibility index (Phi) is 6.11. The van der Waals surface area contributed by atoms with Crippen LogP contribution in [0.25, 0.3) is 0 Å². The molecule has 2 N–H and O–H groups in total. The number of nitrogens with one attached hydrogen (secondary N) is 2. The summed E-state index contributed by atoms with van der Waals surface area (Å²) in [5.41, 5.74) is 1.86. The van der Waals surface area contributed by atoms with Gasteiger partial charge in [-0.1, -0.05) is 30.3 Å². The minimum absolute atomic E-state index is 0.0789. The van der Waals surface area contributed by atoms with Crippen LogP contribution >= 0.6 is 0 Å². The highest BCUT2D eigenvalue weighted by atomic mass is 19.1. The van der Waals surface area contributed by atoms with Gasteiger partial charge in [0.05, 0.1) is 13.0 Å². The highest BCUT2D eigenvalue weighted by Crippen LogP contribution is 2.28. The number of rotatable bonds is 6. The van der Waals surface area contributed by atoms with E-state index in [-0.39, 0.29) is 35.7 Å². The topological polar surface area (TPSA) is 55.5 Å². The van der Waals surface area contributed by atoms with E-state index in [1.54, 1.807) is 6.07 Å². The standard InChI is InChI=1S/C23H26FN3O3/c1-30-21-8-7-17(13-20(21)24)15-25-9-11-26(12-10-25)16-27-22(28)14-19(23(27)29)18-5-3-2-4-6-18/h2-8,13,19H,9-12,14-16H2,1H3/p+2/t19-/m1/s1. The van der Waals surface area contributed by atoms with Crippen LogP contribution in [0.2, 0.25) is 0 Å². The van der Waals surface area contributed by atoms with Gasteiger partial charge >= 0.3 is 0 Å². The molecule has 2 amide bonds. The van der Waals surface area contributed by atoms with Crippen molar-refractivity contribution in [3.05, 3.63) is 65.5 Å². The summed E-state index contributed by atoms with van der Waals surface area (Å²) < 4.78 is 18.9. The third kappa shape index (κ3) is 4.37. The predicted molar refractivity (Wildman–Crippen MR) is 109 cm³/mol. The van der Waals surface area contributed by atoms with Gasteiger partial charge in [-0.3, -0.25) is 9.59 Å². The van der Waals surface area contributed by atoms with E-state index >= 15 is 0 Å². The van der Waals surface area contributed by atoms with Crippen LogP contribution in [0, 0.1) is 5.82 Å². The van der Waals surface area contributed by atoms with E-state index in [0.29, 0.717) is 6.67 Å². The summed E-state index contributed by atoms with van der Waals surface area (Å²) in [6.07, 6.45) is 0.260. The van der Waals surface area contributed by atoms with Crippen molar-refractivity contribution in [1.29, 1.82) is 0 Å². The minimum atomic E-state index is -0.352. The second kappa shape index (κ2) is 8.93. The lowest BCUT2D eigenvalue weighted by molar-refractivity contribution is -1.02. The van der Waals surface area contributed by atoms with Crippen LogP contribution in [0.15, 0.2) is 48.5 Å². The van der Waals surface area contributed by atoms with Crippen LogP contribution in [-0.4, -0.2) is 56.7 Å². The molecule has 2 aromatic carbocycles. The molecule has 0 aromatic heterocycles. The van der Waals surface area contributed by atoms with Crippen LogP contribution in [0.1, 0.15) is 23.5 Å². The van der Waals surface area contributed by atoms with E-state index < -0.39 is 0 Å². The number of carbonyl (C=O) groups excluding carboxylic acids is 2. The van der Waals surface area contributed by atoms with Crippen molar-refractivity contribution in [3.63, 3.8) is 0 Å². The molecule has 2 saturated heterocycles. The predicted octanol–water partition coefficient (Wildman–Crippen LogP) is -0.382. The first-order valence-corrected chi connectivity index (χ1v) is 10.4. The largest absolute Gasteiger partial charge is 0.494 e. The number of halogens is 1. The fraction of sp³-hybridized carbons (Fsp3) is 0.391. The van der Waals surface area contributed by atoms with Gasteiger partial charge < -0.3 is 14.5 Å². The molecule has 30 heavy (non-hydrogen) atoms. The van der Waals surface area contributed by atoms with E-state index in [9.17, 15) is 14.0 Å². The Balaban J connectivity index is 1.30. The fourth-order valence-electron chi connectivity index (χ4n) is 4.42. The molecule has 0 spiro atoms. The summed E-state index contributed by atoms with van der Waals surface area (Å²) >= 11 is 0. The number of amides is 2. The average molecular weight is 413 g/mol. The summed E-state index contributed by atoms with van der Waals surface area (Å²) in [4.78, 5) is 29.4. The van der Waals surface area contributed by atoms with Gasteiger partial charge in [-0.2, -0.15) is 0 Å². The van der Waals surface area contributed by atoms with Crippen molar-refractivity contribution in [1.82, 2.24) is 4.90 Å². The number of ether oxygens (including phenoxy) is 1. The molecular formula is C23H28FN3O3+2. The van der Waals surface area contributed by atoms with Crippen LogP contribution < -0.4 is 14.5 Å². The second-order valence-corrected chi connectivity index (χ2v) is 8.13. The quantitative estimate of drug-likeness (QED) is 0.635. The van der Waals surface area contributed by atoms with E-state index in [2.05, 4.69) is 0 Å². The number of hydrogen-bond donors (Lipinski definition) is 2. The number of quaternary nitrogens is 2. The van der Waals surface area contributed by atoms with Gasteiger partial charge in [0.2, 0.25) is 11.8 Å². The maximum absolute atomic E-state index is 13.9. The molecule has 0 radical (unpaired) electrons. The number of likely N-dealkylation sites (tertiary alicyclic amines) is 1. The third-order valence-corrected chi connectivity index (χ3v) is 6.16. The monoisotopic (exact) mass is 413 g/mol. The lowest BCUT2D eigenvalue weighted by Crippen LogP contribution is -3.28. The molecule has 2 aromatic rings. The van der Waals surface area contributed by atoms with Crippen LogP contribution in [0.4, 0.5) is 4.39 Å². The number of piperazine rings is 1. The number of carbonyl (C=O) groups is 2. The van der Waals surface area contributed by atoms with Gasteiger partial charge in [-0.15, -0.1) is 0 Å². The molecule has 2 heterocycles. The van der Waals surface area contributed by atoms with Gasteiger partial charge in [0.25, 0.3) is 0 Å². The average Bonchev–Trinajstić information content (AvgIpc) is 3.04. The smallest absolute Gasteiger partial charge is 0.241 e. The SMILES string of the molecule is COc1ccc(C[NH+]2CC[NH+](CN3C(=O)C[C@H](c4ccccc4)C3=O)CC2)cc1F. The molecule has 0 unspecified atom stereocenters. The van der Waals surface area contributed by atoms with Gasteiger partial charge in [0.1, 0.15) is 32.7 Å². The summed E-state index contributed by atoms with van der Waals surface area (Å²) in [7, 11) is 1.46. The maximum Gasteiger partial charge on any atom is 0.241 e. The van der Waals surface area contributed by atoms with Crippen molar-refractivity contribution in [2.24, 2.45) is 0 Å². The van der Waals surface area contributed by atoms with E-state index in [1.807, 2.05) is 36.4 Å². The molecule has 158 valence electrons. The number of nitrogens with zero attached hydrogens (tertiary/aromatic N) is 1. The zero-order chi connectivity index (χ0) is 21.1. The van der Waals surface area contributed by atoms with Crippen molar-refractivity contribution < 1.29 is 28.5 Å². The lowest BCUT2D eigenvalue weighted by Gasteiger charge is -2.31. The van der Waals surface area contributed by atoms with Crippen molar-refractivity contribution in [2.75, 3.05) is 40.0 Å². The van der Waals surface area contributed by atoms with Gasteiger partial charge in [-0.25, -0.2) is 9.29 Å². The van der Waals surface area contributed by atoms with Crippen LogP contribution in [0.5, 0.6) is 5.75 Å². The molecule has 6 nitrogen and oxygen atoms in total. The van der Waals surface area contributed by atoms with Gasteiger partial charge in [-0.05, 0) is 23.8 Å². The number of benzene rings is 2. The van der Waals surface area contributed by atoms with Crippen molar-refractivity contribution >= 4 is 11.8 Å². The van der Waals surface area contributed by atoms with E-state index in [0.717, 1.165) is 43.9 Å². The van der Waals surface area contributed by atoms with Crippen LogP contribution in [0.3, 0.4) is 0 Å². The van der Waals surface area contributed by atoms with Crippen LogP contribution in [-0.2, 0) is 16.1 Å². The molecule has 2 aliphatic heterocycles. The highest BCUT2D eigenvalue weighted by Gasteiger charge is 2.41. The maximum atomic E-state index is 13.9. The Morgan fingerprint density at radius 2 is 1.73 bits per heavy atom. The van der Waals surface area contributed by atoms with Crippen molar-refractivity contribution in [3.8, 4) is 5.75 Å². The Hall–Kier alpha value is -2.77. The normalized spacial score (nSPS) is 24.3. The highest BCUT2D eigenvalue weighted by molar-refractivity contribution is 6.06. The zero-order valence-electron chi connectivity index (χ0n) is 17.2. The summed E-state index contributed by atoms with van der Waals surface area (Å²) in [5.74, 6) is -0.587. The first kappa shape index (κ1) is 20.5. The first-order chi connectivity index (χ1) is 14.5. The molecule has 1 atom stereocenters. The fourth-order valence-corrected chi connectivity index (χ4v) is 4.42. The van der Waals surface area contributed by atoms with Crippen molar-refractivity contribution in [2.45, 2.75) is 18.9 Å². The third-order valence-electron chi connectivity index (χ3n) is 6.16. The molecule has 2 fully saturated rings. The molecule has 2 aliphatic rings. The van der Waals surface area contributed by atoms with Gasteiger partial charge in [0, 0.05) is 12.0 Å². The number of methoxy groups -OCH3 is 1. The number of hydrogen-bond acceptors (Lipinski definition) is 3. The summed E-state index contributed by atoms with van der Waals surface area (Å²) in [6.45, 7) is 4.78. The van der Waals surface area contributed by atoms with E-state index in [1.165, 1.54) is 27.9 Å². The summed E-state index contributed by atoms with van der Waals surface area (Å²) in [6, 6.07) is 14.6. The molecule has 0 saturated carbocycles. The molecule has 0 aliphatic carbocycles. The Labute approximate surface area is 175 Å². The molecule has 4 rings (SSSR count). The van der Waals surface area contributed by atoms with E-state index in [4.69, 9.17) is 4.74 Å². The molecule has 0 bridgehead atoms. The Morgan fingerprint density at radius 1 is 1.03 bits per heavy atom. The number of imide groups is 1. The zero-order valence-corrected chi connectivity index (χ0v) is 17.2. The van der Waals surface area contributed by atoms with Gasteiger partial charge in [0.15, 0.2) is 18.2 Å². The first-order valence-electron chi connectivity index (χ1n) is 10.4. The lowest BCUT2D eigenvalue weighted by atomic mass is 9.98. The Morgan fingerprint density at radius 3 is 2.40 bits per heavy atom. The summed E-state index contributed by atoms with van der Waals surface area (Å²) in [5, 5.41) is 0.